The minimum absolute atomic E-state index is 0.424. The van der Waals surface area contributed by atoms with Gasteiger partial charge in [-0.1, -0.05) is 6.92 Å². The summed E-state index contributed by atoms with van der Waals surface area (Å²) in [4.78, 5) is 0. The molecule has 0 amide bonds. The molecule has 0 aromatic heterocycles. The fourth-order valence-electron chi connectivity index (χ4n) is 2.55. The van der Waals surface area contributed by atoms with Crippen molar-refractivity contribution in [3.8, 4) is 0 Å². The highest BCUT2D eigenvalue weighted by molar-refractivity contribution is 8.00. The zero-order valence-electron chi connectivity index (χ0n) is 9.65. The molecule has 1 aliphatic carbocycles. The summed E-state index contributed by atoms with van der Waals surface area (Å²) in [5, 5.41) is 0.679. The molecule has 1 heterocycles. The molecule has 0 spiro atoms. The van der Waals surface area contributed by atoms with Crippen LogP contribution in [0.3, 0.4) is 0 Å². The number of thioether (sulfide) groups is 1. The summed E-state index contributed by atoms with van der Waals surface area (Å²) in [7, 11) is 0. The number of ether oxygens (including phenoxy) is 1. The molecule has 0 aromatic carbocycles. The lowest BCUT2D eigenvalue weighted by atomic mass is 9.87. The smallest absolute Gasteiger partial charge is 0.0666 e. The van der Waals surface area contributed by atoms with Gasteiger partial charge in [0.15, 0.2) is 0 Å². The van der Waals surface area contributed by atoms with Crippen LogP contribution in [-0.4, -0.2) is 29.8 Å². The highest BCUT2D eigenvalue weighted by Gasteiger charge is 2.27. The number of hydrogen-bond acceptors (Lipinski definition) is 3. The van der Waals surface area contributed by atoms with E-state index < -0.39 is 0 Å². The quantitative estimate of drug-likeness (QED) is 0.807. The lowest BCUT2D eigenvalue weighted by Gasteiger charge is -2.32. The van der Waals surface area contributed by atoms with Crippen LogP contribution in [0.15, 0.2) is 0 Å². The van der Waals surface area contributed by atoms with E-state index in [9.17, 15) is 0 Å². The molecule has 0 bridgehead atoms. The fourth-order valence-corrected chi connectivity index (χ4v) is 4.12. The van der Waals surface area contributed by atoms with Gasteiger partial charge >= 0.3 is 0 Å². The van der Waals surface area contributed by atoms with Crippen LogP contribution < -0.4 is 5.73 Å². The lowest BCUT2D eigenvalue weighted by Crippen LogP contribution is -2.38. The van der Waals surface area contributed by atoms with E-state index in [0.29, 0.717) is 17.4 Å². The van der Waals surface area contributed by atoms with Crippen molar-refractivity contribution in [3.05, 3.63) is 0 Å². The Bertz CT molecular complexity index is 194. The minimum Gasteiger partial charge on any atom is -0.377 e. The van der Waals surface area contributed by atoms with E-state index in [1.165, 1.54) is 32.1 Å². The van der Waals surface area contributed by atoms with E-state index in [4.69, 9.17) is 10.5 Å². The monoisotopic (exact) mass is 229 g/mol. The SMILES string of the molecule is CC1CCC(N)C(SCC2CCCO2)C1. The predicted octanol–water partition coefficient (Wildman–Crippen LogP) is 2.41. The van der Waals surface area contributed by atoms with E-state index in [1.807, 2.05) is 0 Å². The standard InChI is InChI=1S/C12H23NOS/c1-9-4-5-11(13)12(7-9)15-8-10-3-2-6-14-10/h9-12H,2-8,13H2,1H3. The largest absolute Gasteiger partial charge is 0.377 e. The van der Waals surface area contributed by atoms with Crippen LogP contribution in [0.1, 0.15) is 39.0 Å². The number of hydrogen-bond donors (Lipinski definition) is 1. The first-order valence-corrected chi connectivity index (χ1v) is 7.29. The third-order valence-corrected chi connectivity index (χ3v) is 5.16. The Morgan fingerprint density at radius 3 is 2.93 bits per heavy atom. The second-order valence-corrected chi connectivity index (χ2v) is 6.36. The van der Waals surface area contributed by atoms with Gasteiger partial charge in [0.2, 0.25) is 0 Å². The van der Waals surface area contributed by atoms with Gasteiger partial charge in [-0.15, -0.1) is 0 Å². The van der Waals surface area contributed by atoms with E-state index in [2.05, 4.69) is 18.7 Å². The topological polar surface area (TPSA) is 35.2 Å². The van der Waals surface area contributed by atoms with Crippen molar-refractivity contribution in [1.82, 2.24) is 0 Å². The molecule has 0 radical (unpaired) electrons. The van der Waals surface area contributed by atoms with Crippen LogP contribution in [0.25, 0.3) is 0 Å². The van der Waals surface area contributed by atoms with Crippen LogP contribution >= 0.6 is 11.8 Å². The summed E-state index contributed by atoms with van der Waals surface area (Å²) in [6.45, 7) is 3.32. The number of nitrogens with two attached hydrogens (primary N) is 1. The maximum Gasteiger partial charge on any atom is 0.0666 e. The fraction of sp³-hybridized carbons (Fsp3) is 1.00. The Hall–Kier alpha value is 0.270. The van der Waals surface area contributed by atoms with E-state index >= 15 is 0 Å². The summed E-state index contributed by atoms with van der Waals surface area (Å²) < 4.78 is 5.64. The zero-order valence-corrected chi connectivity index (χ0v) is 10.5. The Labute approximate surface area is 97.3 Å². The molecule has 15 heavy (non-hydrogen) atoms. The van der Waals surface area contributed by atoms with Gasteiger partial charge in [0.25, 0.3) is 0 Å². The molecule has 0 aromatic rings. The van der Waals surface area contributed by atoms with Crippen molar-refractivity contribution >= 4 is 11.8 Å². The predicted molar refractivity (Wildman–Crippen MR) is 66.2 cm³/mol. The molecule has 1 saturated heterocycles. The van der Waals surface area contributed by atoms with Crippen molar-refractivity contribution in [1.29, 1.82) is 0 Å². The zero-order chi connectivity index (χ0) is 10.7. The Morgan fingerprint density at radius 2 is 2.20 bits per heavy atom. The maximum atomic E-state index is 6.16. The summed E-state index contributed by atoms with van der Waals surface area (Å²) >= 11 is 2.06. The summed E-state index contributed by atoms with van der Waals surface area (Å²) in [6.07, 6.45) is 6.85. The average molecular weight is 229 g/mol. The van der Waals surface area contributed by atoms with Crippen molar-refractivity contribution in [3.63, 3.8) is 0 Å². The van der Waals surface area contributed by atoms with Crippen LogP contribution in [0.5, 0.6) is 0 Å². The first-order valence-electron chi connectivity index (χ1n) is 6.24. The second kappa shape index (κ2) is 5.55. The summed E-state index contributed by atoms with van der Waals surface area (Å²) in [6, 6.07) is 0.424. The Kier molecular flexibility index (Phi) is 4.35. The van der Waals surface area contributed by atoms with Gasteiger partial charge < -0.3 is 10.5 Å². The van der Waals surface area contributed by atoms with Gasteiger partial charge in [-0.05, 0) is 38.0 Å². The average Bonchev–Trinajstić information content (AvgIpc) is 2.72. The first-order chi connectivity index (χ1) is 7.25. The lowest BCUT2D eigenvalue weighted by molar-refractivity contribution is 0.128. The highest BCUT2D eigenvalue weighted by Crippen LogP contribution is 2.32. The van der Waals surface area contributed by atoms with Crippen molar-refractivity contribution in [2.75, 3.05) is 12.4 Å². The van der Waals surface area contributed by atoms with Crippen LogP contribution in [-0.2, 0) is 4.74 Å². The third kappa shape index (κ3) is 3.36. The Morgan fingerprint density at radius 1 is 1.33 bits per heavy atom. The van der Waals surface area contributed by atoms with Gasteiger partial charge in [-0.3, -0.25) is 0 Å². The van der Waals surface area contributed by atoms with Gasteiger partial charge in [-0.25, -0.2) is 0 Å². The van der Waals surface area contributed by atoms with Crippen LogP contribution in [0.2, 0.25) is 0 Å². The normalized spacial score (nSPS) is 42.0. The van der Waals surface area contributed by atoms with Gasteiger partial charge in [0, 0.05) is 23.7 Å². The minimum atomic E-state index is 0.424. The summed E-state index contributed by atoms with van der Waals surface area (Å²) in [5.41, 5.74) is 6.16. The maximum absolute atomic E-state index is 6.16. The molecule has 2 rings (SSSR count). The molecular weight excluding hydrogens is 206 g/mol. The Balaban J connectivity index is 1.72. The molecule has 4 unspecified atom stereocenters. The molecule has 88 valence electrons. The molecule has 1 saturated carbocycles. The van der Waals surface area contributed by atoms with Gasteiger partial charge in [0.05, 0.1) is 6.10 Å². The highest BCUT2D eigenvalue weighted by atomic mass is 32.2. The van der Waals surface area contributed by atoms with E-state index in [1.54, 1.807) is 0 Å². The van der Waals surface area contributed by atoms with Crippen LogP contribution in [0.4, 0.5) is 0 Å². The molecule has 2 aliphatic rings. The molecular formula is C12H23NOS. The van der Waals surface area contributed by atoms with Crippen molar-refractivity contribution < 1.29 is 4.74 Å². The molecule has 2 nitrogen and oxygen atoms in total. The molecule has 3 heteroatoms. The second-order valence-electron chi connectivity index (χ2n) is 5.09. The van der Waals surface area contributed by atoms with Crippen molar-refractivity contribution in [2.24, 2.45) is 11.7 Å². The van der Waals surface area contributed by atoms with E-state index in [0.717, 1.165) is 18.3 Å². The first kappa shape index (κ1) is 11.7. The van der Waals surface area contributed by atoms with Gasteiger partial charge in [-0.2, -0.15) is 11.8 Å². The van der Waals surface area contributed by atoms with E-state index in [-0.39, 0.29) is 0 Å². The number of rotatable bonds is 3. The molecule has 4 atom stereocenters. The third-order valence-electron chi connectivity index (χ3n) is 3.63. The van der Waals surface area contributed by atoms with Gasteiger partial charge in [0.1, 0.15) is 0 Å². The molecule has 2 fully saturated rings. The molecule has 2 N–H and O–H groups in total. The van der Waals surface area contributed by atoms with Crippen molar-refractivity contribution in [2.45, 2.75) is 56.4 Å². The summed E-state index contributed by atoms with van der Waals surface area (Å²) in [5.74, 6) is 2.03. The van der Waals surface area contributed by atoms with Crippen LogP contribution in [0, 0.1) is 5.92 Å². The molecule has 1 aliphatic heterocycles.